The molecule has 1 saturated carbocycles. The summed E-state index contributed by atoms with van der Waals surface area (Å²) in [6.45, 7) is 0.794. The third-order valence-corrected chi connectivity index (χ3v) is 3.81. The molecule has 0 radical (unpaired) electrons. The van der Waals surface area contributed by atoms with E-state index in [1.54, 1.807) is 12.4 Å². The first kappa shape index (κ1) is 14.8. The SMILES string of the molecule is O=C(NCc1ccncc1)NCC1(O)CCCCCC1. The molecular formula is C15H23N3O2. The van der Waals surface area contributed by atoms with Crippen LogP contribution in [-0.2, 0) is 6.54 Å². The van der Waals surface area contributed by atoms with Gasteiger partial charge in [-0.15, -0.1) is 0 Å². The van der Waals surface area contributed by atoms with Crippen LogP contribution >= 0.6 is 0 Å². The standard InChI is InChI=1S/C15H23N3O2/c19-14(17-11-13-5-9-16-10-6-13)18-12-15(20)7-3-1-2-4-8-15/h5-6,9-10,20H,1-4,7-8,11-12H2,(H2,17,18,19). The van der Waals surface area contributed by atoms with Crippen LogP contribution in [0.3, 0.4) is 0 Å². The Morgan fingerprint density at radius 2 is 1.80 bits per heavy atom. The van der Waals surface area contributed by atoms with Gasteiger partial charge in [-0.2, -0.15) is 0 Å². The van der Waals surface area contributed by atoms with E-state index in [0.717, 1.165) is 31.2 Å². The molecule has 1 fully saturated rings. The molecule has 1 aliphatic rings. The Morgan fingerprint density at radius 3 is 2.45 bits per heavy atom. The lowest BCUT2D eigenvalue weighted by Crippen LogP contribution is -2.46. The minimum absolute atomic E-state index is 0.237. The number of carbonyl (C=O) groups is 1. The molecule has 0 aromatic carbocycles. The Bertz CT molecular complexity index is 414. The topological polar surface area (TPSA) is 74.2 Å². The van der Waals surface area contributed by atoms with E-state index in [1.807, 2.05) is 12.1 Å². The van der Waals surface area contributed by atoms with E-state index in [0.29, 0.717) is 13.1 Å². The number of urea groups is 1. The van der Waals surface area contributed by atoms with Crippen molar-refractivity contribution in [3.63, 3.8) is 0 Å². The number of rotatable bonds is 4. The average molecular weight is 277 g/mol. The van der Waals surface area contributed by atoms with E-state index >= 15 is 0 Å². The Balaban J connectivity index is 1.71. The summed E-state index contributed by atoms with van der Waals surface area (Å²) in [4.78, 5) is 15.7. The molecule has 1 aromatic heterocycles. The van der Waals surface area contributed by atoms with Crippen LogP contribution in [0.4, 0.5) is 4.79 Å². The van der Waals surface area contributed by atoms with Crippen molar-refractivity contribution in [1.29, 1.82) is 0 Å². The highest BCUT2D eigenvalue weighted by atomic mass is 16.3. The van der Waals surface area contributed by atoms with Crippen LogP contribution < -0.4 is 10.6 Å². The number of hydrogen-bond donors (Lipinski definition) is 3. The average Bonchev–Trinajstić information content (AvgIpc) is 2.69. The van der Waals surface area contributed by atoms with Gasteiger partial charge in [0.05, 0.1) is 5.60 Å². The molecule has 5 heteroatoms. The van der Waals surface area contributed by atoms with Crippen molar-refractivity contribution in [1.82, 2.24) is 15.6 Å². The smallest absolute Gasteiger partial charge is 0.315 e. The fourth-order valence-electron chi connectivity index (χ4n) is 2.55. The Hall–Kier alpha value is -1.62. The highest BCUT2D eigenvalue weighted by Crippen LogP contribution is 2.26. The summed E-state index contributed by atoms with van der Waals surface area (Å²) in [6.07, 6.45) is 9.38. The van der Waals surface area contributed by atoms with Crippen molar-refractivity contribution < 1.29 is 9.90 Å². The summed E-state index contributed by atoms with van der Waals surface area (Å²) < 4.78 is 0. The van der Waals surface area contributed by atoms with Gasteiger partial charge in [0.1, 0.15) is 0 Å². The van der Waals surface area contributed by atoms with Gasteiger partial charge in [0.25, 0.3) is 0 Å². The lowest BCUT2D eigenvalue weighted by molar-refractivity contribution is 0.0277. The monoisotopic (exact) mass is 277 g/mol. The van der Waals surface area contributed by atoms with Crippen molar-refractivity contribution in [2.45, 2.75) is 50.7 Å². The molecule has 20 heavy (non-hydrogen) atoms. The highest BCUT2D eigenvalue weighted by molar-refractivity contribution is 5.73. The molecule has 3 N–H and O–H groups in total. The van der Waals surface area contributed by atoms with E-state index < -0.39 is 5.60 Å². The third kappa shape index (κ3) is 4.81. The lowest BCUT2D eigenvalue weighted by Gasteiger charge is -2.26. The first-order valence-electron chi connectivity index (χ1n) is 7.31. The Labute approximate surface area is 119 Å². The lowest BCUT2D eigenvalue weighted by atomic mass is 9.95. The van der Waals surface area contributed by atoms with E-state index in [2.05, 4.69) is 15.6 Å². The number of hydrogen-bond acceptors (Lipinski definition) is 3. The molecule has 0 bridgehead atoms. The number of pyridine rings is 1. The van der Waals surface area contributed by atoms with Gasteiger partial charge in [0.2, 0.25) is 0 Å². The number of carbonyl (C=O) groups excluding carboxylic acids is 1. The maximum atomic E-state index is 11.7. The predicted octanol–water partition coefficient (Wildman–Crippen LogP) is 1.97. The molecule has 5 nitrogen and oxygen atoms in total. The van der Waals surface area contributed by atoms with Gasteiger partial charge in [-0.25, -0.2) is 4.79 Å². The van der Waals surface area contributed by atoms with Crippen molar-refractivity contribution >= 4 is 6.03 Å². The third-order valence-electron chi connectivity index (χ3n) is 3.81. The minimum atomic E-state index is -0.732. The van der Waals surface area contributed by atoms with Crippen molar-refractivity contribution in [2.24, 2.45) is 0 Å². The van der Waals surface area contributed by atoms with Gasteiger partial charge >= 0.3 is 6.03 Å². The maximum Gasteiger partial charge on any atom is 0.315 e. The first-order chi connectivity index (χ1) is 9.68. The zero-order valence-electron chi connectivity index (χ0n) is 11.8. The molecular weight excluding hydrogens is 254 g/mol. The predicted molar refractivity (Wildman–Crippen MR) is 77.1 cm³/mol. The van der Waals surface area contributed by atoms with Gasteiger partial charge < -0.3 is 15.7 Å². The number of aromatic nitrogens is 1. The summed E-state index contributed by atoms with van der Waals surface area (Å²) in [6, 6.07) is 3.48. The molecule has 2 rings (SSSR count). The van der Waals surface area contributed by atoms with Crippen molar-refractivity contribution in [2.75, 3.05) is 6.54 Å². The van der Waals surface area contributed by atoms with Crippen LogP contribution in [0, 0.1) is 0 Å². The molecule has 0 aliphatic heterocycles. The second-order valence-corrected chi connectivity index (χ2v) is 5.53. The minimum Gasteiger partial charge on any atom is -0.388 e. The van der Waals surface area contributed by atoms with Crippen LogP contribution in [0.15, 0.2) is 24.5 Å². The van der Waals surface area contributed by atoms with Gasteiger partial charge in [-0.1, -0.05) is 25.7 Å². The van der Waals surface area contributed by atoms with Crippen LogP contribution in [0.5, 0.6) is 0 Å². The summed E-state index contributed by atoms with van der Waals surface area (Å²) in [5.41, 5.74) is 0.271. The van der Waals surface area contributed by atoms with Gasteiger partial charge in [0.15, 0.2) is 0 Å². The normalized spacial score (nSPS) is 18.1. The maximum absolute atomic E-state index is 11.7. The van der Waals surface area contributed by atoms with Gasteiger partial charge in [-0.05, 0) is 30.5 Å². The van der Waals surface area contributed by atoms with E-state index in [9.17, 15) is 9.90 Å². The van der Waals surface area contributed by atoms with Gasteiger partial charge in [0, 0.05) is 25.5 Å². The summed E-state index contributed by atoms with van der Waals surface area (Å²) in [5, 5.41) is 16.0. The van der Waals surface area contributed by atoms with Crippen molar-refractivity contribution in [3.05, 3.63) is 30.1 Å². The zero-order valence-corrected chi connectivity index (χ0v) is 11.8. The molecule has 1 heterocycles. The molecule has 110 valence electrons. The fraction of sp³-hybridized carbons (Fsp3) is 0.600. The highest BCUT2D eigenvalue weighted by Gasteiger charge is 2.28. The summed E-state index contributed by atoms with van der Waals surface area (Å²) in [5.74, 6) is 0. The van der Waals surface area contributed by atoms with Crippen LogP contribution in [0.2, 0.25) is 0 Å². The van der Waals surface area contributed by atoms with E-state index in [1.165, 1.54) is 12.8 Å². The molecule has 1 aliphatic carbocycles. The fourth-order valence-corrected chi connectivity index (χ4v) is 2.55. The zero-order chi connectivity index (χ0) is 14.3. The molecule has 2 amide bonds. The van der Waals surface area contributed by atoms with Gasteiger partial charge in [-0.3, -0.25) is 4.98 Å². The Kier molecular flexibility index (Phi) is 5.35. The molecule has 0 spiro atoms. The second kappa shape index (κ2) is 7.24. The van der Waals surface area contributed by atoms with E-state index in [4.69, 9.17) is 0 Å². The summed E-state index contributed by atoms with van der Waals surface area (Å²) >= 11 is 0. The quantitative estimate of drug-likeness (QED) is 0.737. The largest absolute Gasteiger partial charge is 0.388 e. The number of aliphatic hydroxyl groups is 1. The van der Waals surface area contributed by atoms with Crippen LogP contribution in [-0.4, -0.2) is 28.3 Å². The Morgan fingerprint density at radius 1 is 1.15 bits per heavy atom. The van der Waals surface area contributed by atoms with E-state index in [-0.39, 0.29) is 6.03 Å². The molecule has 0 saturated heterocycles. The van der Waals surface area contributed by atoms with Crippen molar-refractivity contribution in [3.8, 4) is 0 Å². The molecule has 0 unspecified atom stereocenters. The second-order valence-electron chi connectivity index (χ2n) is 5.53. The molecule has 1 aromatic rings. The van der Waals surface area contributed by atoms with Crippen LogP contribution in [0.1, 0.15) is 44.1 Å². The first-order valence-corrected chi connectivity index (χ1v) is 7.31. The molecule has 0 atom stereocenters. The van der Waals surface area contributed by atoms with Crippen LogP contribution in [0.25, 0.3) is 0 Å². The number of nitrogens with one attached hydrogen (secondary N) is 2. The summed E-state index contributed by atoms with van der Waals surface area (Å²) in [7, 11) is 0. The number of nitrogens with zero attached hydrogens (tertiary/aromatic N) is 1. The number of amides is 2.